The average Bonchev–Trinajstić information content (AvgIpc) is 2.41. The Hall–Kier alpha value is -1.67. The number of aliphatic hydroxyl groups excluding tert-OH is 3. The summed E-state index contributed by atoms with van der Waals surface area (Å²) >= 11 is 0. The first-order valence-electron chi connectivity index (χ1n) is 6.06. The highest BCUT2D eigenvalue weighted by Crippen LogP contribution is 2.24. The van der Waals surface area contributed by atoms with Crippen LogP contribution in [0, 0.1) is 6.92 Å². The van der Waals surface area contributed by atoms with Gasteiger partial charge in [-0.05, 0) is 19.1 Å². The fraction of sp³-hybridized carbons (Fsp3) is 0.462. The molecule has 1 saturated heterocycles. The lowest BCUT2D eigenvalue weighted by Crippen LogP contribution is -2.61. The summed E-state index contributed by atoms with van der Waals surface area (Å²) in [6.07, 6.45) is -7.98. The van der Waals surface area contributed by atoms with Gasteiger partial charge in [0, 0.05) is 0 Å². The second-order valence-electron chi connectivity index (χ2n) is 4.67. The number of aliphatic hydroxyl groups is 3. The van der Waals surface area contributed by atoms with Crippen molar-refractivity contribution < 1.29 is 34.7 Å². The minimum atomic E-state index is -1.72. The lowest BCUT2D eigenvalue weighted by molar-refractivity contribution is -0.271. The predicted molar refractivity (Wildman–Crippen MR) is 66.1 cm³/mol. The Bertz CT molecular complexity index is 472. The van der Waals surface area contributed by atoms with Gasteiger partial charge in [0.15, 0.2) is 6.10 Å². The molecule has 110 valence electrons. The zero-order chi connectivity index (χ0) is 14.9. The first-order chi connectivity index (χ1) is 9.40. The van der Waals surface area contributed by atoms with Crippen molar-refractivity contribution in [3.8, 4) is 5.75 Å². The molecule has 1 aliphatic heterocycles. The van der Waals surface area contributed by atoms with E-state index in [9.17, 15) is 20.1 Å². The number of hydrogen-bond acceptors (Lipinski definition) is 6. The Balaban J connectivity index is 2.13. The third-order valence-corrected chi connectivity index (χ3v) is 3.09. The highest BCUT2D eigenvalue weighted by Gasteiger charge is 2.48. The average molecular weight is 284 g/mol. The fourth-order valence-corrected chi connectivity index (χ4v) is 1.90. The minimum absolute atomic E-state index is 0.354. The molecule has 4 N–H and O–H groups in total. The van der Waals surface area contributed by atoms with Crippen molar-refractivity contribution in [1.29, 1.82) is 0 Å². The van der Waals surface area contributed by atoms with Gasteiger partial charge in [-0.25, -0.2) is 4.79 Å². The number of carbonyl (C=O) groups is 1. The molecule has 0 amide bonds. The zero-order valence-electron chi connectivity index (χ0n) is 10.7. The molecule has 0 radical (unpaired) electrons. The van der Waals surface area contributed by atoms with Gasteiger partial charge in [0.05, 0.1) is 0 Å². The molecule has 0 bridgehead atoms. The first kappa shape index (κ1) is 14.7. The standard InChI is InChI=1S/C13H16O7/c1-6-2-4-7(5-3-6)19-13-10(16)8(14)9(15)11(20-13)12(17)18/h2-5,8-11,13-16H,1H3,(H,17,18)/t8-,9-,10+,11-,13?/m0/s1. The second kappa shape index (κ2) is 5.76. The van der Waals surface area contributed by atoms with Crippen molar-refractivity contribution >= 4 is 5.97 Å². The number of carboxylic acids is 1. The number of rotatable bonds is 3. The van der Waals surface area contributed by atoms with Gasteiger partial charge in [-0.3, -0.25) is 0 Å². The molecule has 5 atom stereocenters. The van der Waals surface area contributed by atoms with Crippen LogP contribution in [0.5, 0.6) is 5.75 Å². The van der Waals surface area contributed by atoms with Gasteiger partial charge < -0.3 is 29.9 Å². The summed E-state index contributed by atoms with van der Waals surface area (Å²) < 4.78 is 10.3. The van der Waals surface area contributed by atoms with Crippen LogP contribution in [0.4, 0.5) is 0 Å². The molecule has 1 aromatic rings. The topological polar surface area (TPSA) is 116 Å². The van der Waals surface area contributed by atoms with Gasteiger partial charge >= 0.3 is 5.97 Å². The number of benzene rings is 1. The van der Waals surface area contributed by atoms with Crippen molar-refractivity contribution in [3.63, 3.8) is 0 Å². The van der Waals surface area contributed by atoms with Crippen molar-refractivity contribution in [2.45, 2.75) is 37.6 Å². The minimum Gasteiger partial charge on any atom is -0.479 e. The van der Waals surface area contributed by atoms with Crippen LogP contribution in [0.2, 0.25) is 0 Å². The van der Waals surface area contributed by atoms with Gasteiger partial charge in [0.2, 0.25) is 6.29 Å². The van der Waals surface area contributed by atoms with Crippen molar-refractivity contribution in [1.82, 2.24) is 0 Å². The first-order valence-corrected chi connectivity index (χ1v) is 6.06. The molecule has 20 heavy (non-hydrogen) atoms. The summed E-state index contributed by atoms with van der Waals surface area (Å²) in [5.74, 6) is -1.09. The summed E-state index contributed by atoms with van der Waals surface area (Å²) in [7, 11) is 0. The number of ether oxygens (including phenoxy) is 2. The van der Waals surface area contributed by atoms with E-state index >= 15 is 0 Å². The summed E-state index contributed by atoms with van der Waals surface area (Å²) in [4.78, 5) is 10.9. The molecule has 0 saturated carbocycles. The highest BCUT2D eigenvalue weighted by molar-refractivity contribution is 5.73. The molecule has 2 rings (SSSR count). The van der Waals surface area contributed by atoms with E-state index in [4.69, 9.17) is 14.6 Å². The van der Waals surface area contributed by atoms with Crippen molar-refractivity contribution in [2.75, 3.05) is 0 Å². The number of aliphatic carboxylic acids is 1. The third-order valence-electron chi connectivity index (χ3n) is 3.09. The van der Waals surface area contributed by atoms with E-state index in [1.165, 1.54) is 0 Å². The van der Waals surface area contributed by atoms with Crippen LogP contribution in [0.15, 0.2) is 24.3 Å². The molecule has 1 fully saturated rings. The Morgan fingerprint density at radius 1 is 1.10 bits per heavy atom. The van der Waals surface area contributed by atoms with Crippen LogP contribution in [0.25, 0.3) is 0 Å². The van der Waals surface area contributed by atoms with E-state index in [2.05, 4.69) is 0 Å². The van der Waals surface area contributed by atoms with E-state index in [0.717, 1.165) is 5.56 Å². The normalized spacial score (nSPS) is 33.7. The van der Waals surface area contributed by atoms with Crippen molar-refractivity contribution in [3.05, 3.63) is 29.8 Å². The molecule has 0 spiro atoms. The molecule has 1 aromatic carbocycles. The van der Waals surface area contributed by atoms with Crippen LogP contribution in [-0.4, -0.2) is 57.1 Å². The summed E-state index contributed by atoms with van der Waals surface area (Å²) in [5, 5.41) is 37.8. The predicted octanol–water partition coefficient (Wildman–Crippen LogP) is -0.734. The molecule has 0 aromatic heterocycles. The Labute approximate surface area is 115 Å². The fourth-order valence-electron chi connectivity index (χ4n) is 1.90. The molecule has 7 heteroatoms. The lowest BCUT2D eigenvalue weighted by atomic mass is 9.99. The quantitative estimate of drug-likeness (QED) is 0.578. The van der Waals surface area contributed by atoms with E-state index in [-0.39, 0.29) is 0 Å². The Morgan fingerprint density at radius 2 is 1.70 bits per heavy atom. The van der Waals surface area contributed by atoms with E-state index in [1.54, 1.807) is 24.3 Å². The van der Waals surface area contributed by atoms with Gasteiger partial charge in [0.25, 0.3) is 0 Å². The molecule has 7 nitrogen and oxygen atoms in total. The van der Waals surface area contributed by atoms with E-state index in [0.29, 0.717) is 5.75 Å². The monoisotopic (exact) mass is 284 g/mol. The maximum atomic E-state index is 10.9. The molecule has 0 aliphatic carbocycles. The van der Waals surface area contributed by atoms with Crippen molar-refractivity contribution in [2.24, 2.45) is 0 Å². The van der Waals surface area contributed by atoms with Crippen LogP contribution in [-0.2, 0) is 9.53 Å². The Morgan fingerprint density at radius 3 is 2.25 bits per heavy atom. The van der Waals surface area contributed by atoms with Crippen LogP contribution in [0.1, 0.15) is 5.56 Å². The van der Waals surface area contributed by atoms with E-state index < -0.39 is 36.7 Å². The molecule has 1 heterocycles. The maximum Gasteiger partial charge on any atom is 0.335 e. The van der Waals surface area contributed by atoms with Gasteiger partial charge in [-0.15, -0.1) is 0 Å². The van der Waals surface area contributed by atoms with Crippen LogP contribution in [0.3, 0.4) is 0 Å². The molecule has 1 unspecified atom stereocenters. The van der Waals surface area contributed by atoms with Crippen LogP contribution < -0.4 is 4.74 Å². The third kappa shape index (κ3) is 2.91. The van der Waals surface area contributed by atoms with Gasteiger partial charge in [-0.2, -0.15) is 0 Å². The highest BCUT2D eigenvalue weighted by atomic mass is 16.7. The SMILES string of the molecule is Cc1ccc(OC2O[C@H](C(=O)O)[C@@H](O)[C@H](O)[C@H]2O)cc1. The number of carboxylic acid groups (broad SMARTS) is 1. The molecular weight excluding hydrogens is 268 g/mol. The summed E-state index contributed by atoms with van der Waals surface area (Å²) in [5.41, 5.74) is 1.00. The van der Waals surface area contributed by atoms with Gasteiger partial charge in [0.1, 0.15) is 24.1 Å². The zero-order valence-corrected chi connectivity index (χ0v) is 10.7. The van der Waals surface area contributed by atoms with Crippen LogP contribution >= 0.6 is 0 Å². The number of hydrogen-bond donors (Lipinski definition) is 4. The summed E-state index contributed by atoms with van der Waals surface area (Å²) in [6.45, 7) is 1.89. The van der Waals surface area contributed by atoms with Gasteiger partial charge in [-0.1, -0.05) is 17.7 Å². The molecular formula is C13H16O7. The Kier molecular flexibility index (Phi) is 4.24. The smallest absolute Gasteiger partial charge is 0.335 e. The maximum absolute atomic E-state index is 10.9. The summed E-state index contributed by atoms with van der Waals surface area (Å²) in [6, 6.07) is 6.78. The lowest BCUT2D eigenvalue weighted by Gasteiger charge is -2.38. The molecule has 1 aliphatic rings. The second-order valence-corrected chi connectivity index (χ2v) is 4.67. The van der Waals surface area contributed by atoms with E-state index in [1.807, 2.05) is 6.92 Å². The number of aryl methyl sites for hydroxylation is 1. The largest absolute Gasteiger partial charge is 0.479 e.